The molecule has 13 heavy (non-hydrogen) atoms. The van der Waals surface area contributed by atoms with Crippen LogP contribution in [0.25, 0.3) is 0 Å². The predicted molar refractivity (Wildman–Crippen MR) is 60.2 cm³/mol. The van der Waals surface area contributed by atoms with Gasteiger partial charge in [0.15, 0.2) is 5.11 Å². The number of aryl methyl sites for hydroxylation is 1. The average Bonchev–Trinajstić information content (AvgIpc) is 2.51. The van der Waals surface area contributed by atoms with E-state index in [0.717, 1.165) is 23.7 Å². The smallest absolute Gasteiger partial charge is 0.166 e. The fourth-order valence-electron chi connectivity index (χ4n) is 0.889. The monoisotopic (exact) mass is 215 g/mol. The summed E-state index contributed by atoms with van der Waals surface area (Å²) in [5, 5.41) is 9.84. The third-order valence-corrected chi connectivity index (χ3v) is 2.89. The second-order valence-electron chi connectivity index (χ2n) is 2.64. The van der Waals surface area contributed by atoms with Crippen molar-refractivity contribution in [1.82, 2.24) is 15.6 Å². The molecular formula is C8H13N3S2. The van der Waals surface area contributed by atoms with Crippen molar-refractivity contribution >= 4 is 28.7 Å². The quantitative estimate of drug-likeness (QED) is 0.740. The molecule has 72 valence electrons. The van der Waals surface area contributed by atoms with Crippen molar-refractivity contribution in [3.8, 4) is 0 Å². The highest BCUT2D eigenvalue weighted by Crippen LogP contribution is 2.08. The lowest BCUT2D eigenvalue weighted by molar-refractivity contribution is 0.842. The fourth-order valence-corrected chi connectivity index (χ4v) is 1.77. The predicted octanol–water partition coefficient (Wildman–Crippen LogP) is 1.09. The van der Waals surface area contributed by atoms with Crippen molar-refractivity contribution in [1.29, 1.82) is 0 Å². The first-order valence-electron chi connectivity index (χ1n) is 4.09. The lowest BCUT2D eigenvalue weighted by Gasteiger charge is -2.04. The van der Waals surface area contributed by atoms with Crippen LogP contribution in [0.1, 0.15) is 10.7 Å². The lowest BCUT2D eigenvalue weighted by atomic mass is 10.4. The maximum Gasteiger partial charge on any atom is 0.166 e. The highest BCUT2D eigenvalue weighted by molar-refractivity contribution is 7.80. The van der Waals surface area contributed by atoms with E-state index >= 15 is 0 Å². The second-order valence-corrected chi connectivity index (χ2v) is 3.99. The van der Waals surface area contributed by atoms with Crippen LogP contribution in [0.15, 0.2) is 5.38 Å². The molecule has 1 heterocycles. The van der Waals surface area contributed by atoms with E-state index in [1.54, 1.807) is 11.3 Å². The first kappa shape index (κ1) is 10.4. The first-order chi connectivity index (χ1) is 6.22. The van der Waals surface area contributed by atoms with E-state index in [-0.39, 0.29) is 0 Å². The van der Waals surface area contributed by atoms with Crippen molar-refractivity contribution in [2.24, 2.45) is 0 Å². The Labute approximate surface area is 87.6 Å². The highest BCUT2D eigenvalue weighted by Gasteiger charge is 1.98. The van der Waals surface area contributed by atoms with Crippen LogP contribution in [0, 0.1) is 6.92 Å². The largest absolute Gasteiger partial charge is 0.366 e. The van der Waals surface area contributed by atoms with Crippen molar-refractivity contribution < 1.29 is 0 Å². The van der Waals surface area contributed by atoms with Crippen LogP contribution in [0.4, 0.5) is 0 Å². The molecule has 0 aliphatic carbocycles. The Morgan fingerprint density at radius 2 is 2.46 bits per heavy atom. The number of hydrogen-bond donors (Lipinski definition) is 2. The summed E-state index contributed by atoms with van der Waals surface area (Å²) in [5.74, 6) is 0. The zero-order valence-electron chi connectivity index (χ0n) is 7.76. The van der Waals surface area contributed by atoms with Crippen molar-refractivity contribution in [2.75, 3.05) is 13.6 Å². The normalized spacial score (nSPS) is 9.69. The van der Waals surface area contributed by atoms with Crippen LogP contribution in [-0.2, 0) is 6.42 Å². The summed E-state index contributed by atoms with van der Waals surface area (Å²) in [6, 6.07) is 0. The molecule has 0 fully saturated rings. The third-order valence-electron chi connectivity index (χ3n) is 1.52. The molecule has 1 aromatic heterocycles. The van der Waals surface area contributed by atoms with Crippen molar-refractivity contribution in [3.05, 3.63) is 16.1 Å². The SMILES string of the molecule is CNC(=S)NCCc1nc(C)cs1. The van der Waals surface area contributed by atoms with Crippen LogP contribution in [0.3, 0.4) is 0 Å². The summed E-state index contributed by atoms with van der Waals surface area (Å²) in [7, 11) is 1.81. The Kier molecular flexibility index (Phi) is 4.11. The van der Waals surface area contributed by atoms with E-state index in [1.165, 1.54) is 0 Å². The Bertz CT molecular complexity index is 283. The first-order valence-corrected chi connectivity index (χ1v) is 5.37. The molecule has 1 aromatic rings. The molecular weight excluding hydrogens is 202 g/mol. The molecule has 0 aliphatic heterocycles. The van der Waals surface area contributed by atoms with Gasteiger partial charge >= 0.3 is 0 Å². The summed E-state index contributed by atoms with van der Waals surface area (Å²) in [5.41, 5.74) is 1.09. The molecule has 3 nitrogen and oxygen atoms in total. The Morgan fingerprint density at radius 3 is 3.00 bits per heavy atom. The van der Waals surface area contributed by atoms with Gasteiger partial charge in [-0.15, -0.1) is 11.3 Å². The number of aromatic nitrogens is 1. The van der Waals surface area contributed by atoms with Gasteiger partial charge in [0, 0.05) is 31.1 Å². The number of thiazole rings is 1. The molecule has 0 radical (unpaired) electrons. The summed E-state index contributed by atoms with van der Waals surface area (Å²) in [6.07, 6.45) is 0.931. The van der Waals surface area contributed by atoms with E-state index in [9.17, 15) is 0 Å². The number of hydrogen-bond acceptors (Lipinski definition) is 3. The molecule has 0 atom stereocenters. The summed E-state index contributed by atoms with van der Waals surface area (Å²) in [6.45, 7) is 2.85. The average molecular weight is 215 g/mol. The molecule has 0 saturated heterocycles. The van der Waals surface area contributed by atoms with E-state index in [1.807, 2.05) is 14.0 Å². The van der Waals surface area contributed by atoms with Crippen LogP contribution in [0.2, 0.25) is 0 Å². The minimum absolute atomic E-state index is 0.688. The molecule has 1 rings (SSSR count). The lowest BCUT2D eigenvalue weighted by Crippen LogP contribution is -2.33. The molecule has 0 amide bonds. The summed E-state index contributed by atoms with van der Waals surface area (Å²) < 4.78 is 0. The third kappa shape index (κ3) is 3.69. The Balaban J connectivity index is 2.24. The maximum absolute atomic E-state index is 4.94. The van der Waals surface area contributed by atoms with Crippen LogP contribution < -0.4 is 10.6 Å². The van der Waals surface area contributed by atoms with E-state index in [2.05, 4.69) is 21.0 Å². The van der Waals surface area contributed by atoms with Crippen molar-refractivity contribution in [2.45, 2.75) is 13.3 Å². The molecule has 0 aromatic carbocycles. The maximum atomic E-state index is 4.94. The van der Waals surface area contributed by atoms with Crippen LogP contribution in [-0.4, -0.2) is 23.7 Å². The zero-order chi connectivity index (χ0) is 9.68. The van der Waals surface area contributed by atoms with Gasteiger partial charge in [-0.2, -0.15) is 0 Å². The van der Waals surface area contributed by atoms with Gasteiger partial charge in [0.2, 0.25) is 0 Å². The fraction of sp³-hybridized carbons (Fsp3) is 0.500. The molecule has 0 spiro atoms. The Morgan fingerprint density at radius 1 is 1.69 bits per heavy atom. The zero-order valence-corrected chi connectivity index (χ0v) is 9.39. The van der Waals surface area contributed by atoms with Gasteiger partial charge in [-0.25, -0.2) is 4.98 Å². The topological polar surface area (TPSA) is 37.0 Å². The van der Waals surface area contributed by atoms with Gasteiger partial charge < -0.3 is 10.6 Å². The van der Waals surface area contributed by atoms with Crippen LogP contribution >= 0.6 is 23.6 Å². The van der Waals surface area contributed by atoms with Gasteiger partial charge in [0.1, 0.15) is 0 Å². The molecule has 5 heteroatoms. The molecule has 0 bridgehead atoms. The van der Waals surface area contributed by atoms with E-state index in [0.29, 0.717) is 5.11 Å². The highest BCUT2D eigenvalue weighted by atomic mass is 32.1. The van der Waals surface area contributed by atoms with E-state index in [4.69, 9.17) is 12.2 Å². The van der Waals surface area contributed by atoms with Gasteiger partial charge in [0.25, 0.3) is 0 Å². The number of nitrogens with zero attached hydrogens (tertiary/aromatic N) is 1. The number of nitrogens with one attached hydrogen (secondary N) is 2. The molecule has 0 unspecified atom stereocenters. The number of rotatable bonds is 3. The Hall–Kier alpha value is -0.680. The van der Waals surface area contributed by atoms with E-state index < -0.39 is 0 Å². The second kappa shape index (κ2) is 5.14. The number of thiocarbonyl (C=S) groups is 1. The van der Waals surface area contributed by atoms with Crippen molar-refractivity contribution in [3.63, 3.8) is 0 Å². The standard InChI is InChI=1S/C8H13N3S2/c1-6-5-13-7(11-6)3-4-10-8(12)9-2/h5H,3-4H2,1-2H3,(H2,9,10,12). The summed E-state index contributed by atoms with van der Waals surface area (Å²) >= 11 is 6.63. The minimum atomic E-state index is 0.688. The van der Waals surface area contributed by atoms with Gasteiger partial charge in [-0.3, -0.25) is 0 Å². The molecule has 2 N–H and O–H groups in total. The van der Waals surface area contributed by atoms with Crippen LogP contribution in [0.5, 0.6) is 0 Å². The minimum Gasteiger partial charge on any atom is -0.366 e. The summed E-state index contributed by atoms with van der Waals surface area (Å²) in [4.78, 5) is 4.35. The molecule has 0 aliphatic rings. The van der Waals surface area contributed by atoms with Gasteiger partial charge in [-0.1, -0.05) is 0 Å². The van der Waals surface area contributed by atoms with Gasteiger partial charge in [0.05, 0.1) is 5.01 Å². The molecule has 0 saturated carbocycles. The van der Waals surface area contributed by atoms with Gasteiger partial charge in [-0.05, 0) is 19.1 Å².